The van der Waals surface area contributed by atoms with E-state index in [-0.39, 0.29) is 23.7 Å². The molecule has 0 aliphatic heterocycles. The first-order valence-corrected chi connectivity index (χ1v) is 7.78. The molecule has 2 N–H and O–H groups in total. The molecule has 0 aromatic carbocycles. The van der Waals surface area contributed by atoms with Crippen LogP contribution in [0.15, 0.2) is 17.2 Å². The summed E-state index contributed by atoms with van der Waals surface area (Å²) in [5.74, 6) is -1.17. The number of aryl methyl sites for hydroxylation is 1. The highest BCUT2D eigenvalue weighted by Crippen LogP contribution is 2.14. The third-order valence-corrected chi connectivity index (χ3v) is 4.32. The van der Waals surface area contributed by atoms with Gasteiger partial charge in [0.05, 0.1) is 12.7 Å². The largest absolute Gasteiger partial charge is 0.477 e. The minimum atomic E-state index is -3.80. The van der Waals surface area contributed by atoms with Crippen LogP contribution in [0.25, 0.3) is 0 Å². The fraction of sp³-hybridized carbons (Fsp3) is 0.583. The highest BCUT2D eigenvalue weighted by molar-refractivity contribution is 7.89. The van der Waals surface area contributed by atoms with Gasteiger partial charge in [0.25, 0.3) is 0 Å². The number of hydrogen-bond acceptors (Lipinski definition) is 5. The number of hydrogen-bond donors (Lipinski definition) is 2. The summed E-state index contributed by atoms with van der Waals surface area (Å²) in [6.45, 7) is 2.37. The van der Waals surface area contributed by atoms with E-state index in [1.807, 2.05) is 0 Å². The number of ether oxygens (including phenoxy) is 2. The second kappa shape index (κ2) is 7.55. The maximum absolute atomic E-state index is 12.1. The molecule has 0 radical (unpaired) electrons. The lowest BCUT2D eigenvalue weighted by molar-refractivity contribution is 0.0320. The lowest BCUT2D eigenvalue weighted by atomic mass is 10.4. The molecule has 9 heteroatoms. The Morgan fingerprint density at radius 1 is 1.48 bits per heavy atom. The minimum Gasteiger partial charge on any atom is -0.477 e. The molecule has 1 rings (SSSR count). The number of carboxylic acids is 1. The minimum absolute atomic E-state index is 0.0341. The predicted octanol–water partition coefficient (Wildman–Crippen LogP) is 0.146. The smallest absolute Gasteiger partial charge is 0.352 e. The van der Waals surface area contributed by atoms with Gasteiger partial charge in [-0.25, -0.2) is 17.9 Å². The van der Waals surface area contributed by atoms with Crippen LogP contribution in [-0.4, -0.2) is 57.5 Å². The Morgan fingerprint density at radius 2 is 2.14 bits per heavy atom. The Hall–Kier alpha value is -1.42. The molecule has 120 valence electrons. The lowest BCUT2D eigenvalue weighted by Crippen LogP contribution is -2.35. The van der Waals surface area contributed by atoms with Crippen molar-refractivity contribution in [1.29, 1.82) is 0 Å². The van der Waals surface area contributed by atoms with Gasteiger partial charge in [-0.1, -0.05) is 0 Å². The van der Waals surface area contributed by atoms with Gasteiger partial charge in [-0.05, 0) is 13.0 Å². The molecule has 0 spiro atoms. The monoisotopic (exact) mass is 320 g/mol. The third kappa shape index (κ3) is 4.53. The van der Waals surface area contributed by atoms with Crippen LogP contribution in [0.2, 0.25) is 0 Å². The molecule has 1 heterocycles. The number of carboxylic acid groups (broad SMARTS) is 1. The number of nitrogens with one attached hydrogen (secondary N) is 1. The van der Waals surface area contributed by atoms with Crippen LogP contribution in [0.1, 0.15) is 17.4 Å². The van der Waals surface area contributed by atoms with Gasteiger partial charge >= 0.3 is 5.97 Å². The maximum atomic E-state index is 12.1. The van der Waals surface area contributed by atoms with E-state index in [9.17, 15) is 13.2 Å². The van der Waals surface area contributed by atoms with Crippen molar-refractivity contribution >= 4 is 16.0 Å². The molecule has 0 amide bonds. The van der Waals surface area contributed by atoms with Gasteiger partial charge in [0.2, 0.25) is 10.0 Å². The summed E-state index contributed by atoms with van der Waals surface area (Å²) in [7, 11) is -0.859. The zero-order chi connectivity index (χ0) is 16.0. The molecule has 1 aromatic heterocycles. The lowest BCUT2D eigenvalue weighted by Gasteiger charge is -2.14. The van der Waals surface area contributed by atoms with Gasteiger partial charge in [0.15, 0.2) is 0 Å². The van der Waals surface area contributed by atoms with Gasteiger partial charge in [-0.2, -0.15) is 0 Å². The highest BCUT2D eigenvalue weighted by Gasteiger charge is 2.22. The Kier molecular flexibility index (Phi) is 6.34. The van der Waals surface area contributed by atoms with Crippen molar-refractivity contribution in [2.75, 3.05) is 27.4 Å². The molecule has 0 bridgehead atoms. The summed E-state index contributed by atoms with van der Waals surface area (Å²) < 4.78 is 38.0. The second-order valence-electron chi connectivity index (χ2n) is 4.32. The van der Waals surface area contributed by atoms with Crippen LogP contribution in [0, 0.1) is 0 Å². The van der Waals surface area contributed by atoms with Crippen LogP contribution >= 0.6 is 0 Å². The SMILES string of the molecule is CCn1cc(S(=O)(=O)NCC(COC)OC)cc1C(=O)O. The van der Waals surface area contributed by atoms with E-state index in [2.05, 4.69) is 4.72 Å². The van der Waals surface area contributed by atoms with Crippen molar-refractivity contribution in [3.8, 4) is 0 Å². The summed E-state index contributed by atoms with van der Waals surface area (Å²) >= 11 is 0. The van der Waals surface area contributed by atoms with Crippen LogP contribution in [0.3, 0.4) is 0 Å². The van der Waals surface area contributed by atoms with Crippen LogP contribution < -0.4 is 4.72 Å². The van der Waals surface area contributed by atoms with Crippen molar-refractivity contribution in [3.05, 3.63) is 18.0 Å². The van der Waals surface area contributed by atoms with Gasteiger partial charge in [-0.3, -0.25) is 0 Å². The summed E-state index contributed by atoms with van der Waals surface area (Å²) in [4.78, 5) is 11.0. The van der Waals surface area contributed by atoms with E-state index < -0.39 is 22.1 Å². The Morgan fingerprint density at radius 3 is 2.57 bits per heavy atom. The number of rotatable bonds is 9. The molecule has 1 atom stereocenters. The summed E-state index contributed by atoms with van der Waals surface area (Å²) in [6.07, 6.45) is 0.876. The molecule has 8 nitrogen and oxygen atoms in total. The molecular formula is C12H20N2O6S. The highest BCUT2D eigenvalue weighted by atomic mass is 32.2. The quantitative estimate of drug-likeness (QED) is 0.670. The molecular weight excluding hydrogens is 300 g/mol. The van der Waals surface area contributed by atoms with Crippen LogP contribution in [0.5, 0.6) is 0 Å². The normalized spacial score (nSPS) is 13.3. The molecule has 0 aliphatic carbocycles. The van der Waals surface area contributed by atoms with Crippen LogP contribution in [0.4, 0.5) is 0 Å². The van der Waals surface area contributed by atoms with E-state index in [1.54, 1.807) is 6.92 Å². The van der Waals surface area contributed by atoms with Gasteiger partial charge in [-0.15, -0.1) is 0 Å². The Balaban J connectivity index is 2.90. The molecule has 0 saturated heterocycles. The number of nitrogens with zero attached hydrogens (tertiary/aromatic N) is 1. The van der Waals surface area contributed by atoms with E-state index in [0.29, 0.717) is 6.54 Å². The Bertz CT molecular complexity index is 581. The zero-order valence-electron chi connectivity index (χ0n) is 12.2. The molecule has 1 aromatic rings. The molecule has 1 unspecified atom stereocenters. The van der Waals surface area contributed by atoms with E-state index in [0.717, 1.165) is 6.07 Å². The number of aromatic carboxylic acids is 1. The van der Waals surface area contributed by atoms with Crippen molar-refractivity contribution in [2.24, 2.45) is 0 Å². The van der Waals surface area contributed by atoms with Crippen molar-refractivity contribution in [2.45, 2.75) is 24.5 Å². The molecule has 0 aliphatic rings. The van der Waals surface area contributed by atoms with Crippen molar-refractivity contribution < 1.29 is 27.8 Å². The third-order valence-electron chi connectivity index (χ3n) is 2.93. The number of sulfonamides is 1. The fourth-order valence-corrected chi connectivity index (χ4v) is 2.86. The summed E-state index contributed by atoms with van der Waals surface area (Å²) in [6, 6.07) is 1.13. The molecule has 0 saturated carbocycles. The van der Waals surface area contributed by atoms with Crippen molar-refractivity contribution in [3.63, 3.8) is 0 Å². The molecule has 21 heavy (non-hydrogen) atoms. The first-order chi connectivity index (χ1) is 9.85. The summed E-state index contributed by atoms with van der Waals surface area (Å²) in [5, 5.41) is 9.03. The van der Waals surface area contributed by atoms with Crippen LogP contribution in [-0.2, 0) is 26.0 Å². The summed E-state index contributed by atoms with van der Waals surface area (Å²) in [5.41, 5.74) is -0.0712. The van der Waals surface area contributed by atoms with E-state index >= 15 is 0 Å². The van der Waals surface area contributed by atoms with Gasteiger partial charge in [0, 0.05) is 33.5 Å². The number of carbonyl (C=O) groups is 1. The molecule has 0 fully saturated rings. The van der Waals surface area contributed by atoms with Gasteiger partial charge < -0.3 is 19.1 Å². The average molecular weight is 320 g/mol. The first kappa shape index (κ1) is 17.6. The van der Waals surface area contributed by atoms with Gasteiger partial charge in [0.1, 0.15) is 10.6 Å². The topological polar surface area (TPSA) is 107 Å². The number of aromatic nitrogens is 1. The van der Waals surface area contributed by atoms with E-state index in [4.69, 9.17) is 14.6 Å². The van der Waals surface area contributed by atoms with Crippen molar-refractivity contribution in [1.82, 2.24) is 9.29 Å². The number of methoxy groups -OCH3 is 2. The maximum Gasteiger partial charge on any atom is 0.352 e. The zero-order valence-corrected chi connectivity index (χ0v) is 13.0. The Labute approximate surface area is 123 Å². The second-order valence-corrected chi connectivity index (χ2v) is 6.08. The average Bonchev–Trinajstić information content (AvgIpc) is 2.88. The predicted molar refractivity (Wildman–Crippen MR) is 74.9 cm³/mol. The van der Waals surface area contributed by atoms with E-state index in [1.165, 1.54) is 25.0 Å². The fourth-order valence-electron chi connectivity index (χ4n) is 1.75. The first-order valence-electron chi connectivity index (χ1n) is 6.30. The standard InChI is InChI=1S/C12H20N2O6S/c1-4-14-7-10(5-11(14)12(15)16)21(17,18)13-6-9(20-3)8-19-2/h5,7,9,13H,4,6,8H2,1-3H3,(H,15,16).